The number of nitrogen functional groups attached to an aromatic ring is 1. The Balaban J connectivity index is 2.29. The summed E-state index contributed by atoms with van der Waals surface area (Å²) in [6, 6.07) is 2.06. The predicted molar refractivity (Wildman–Crippen MR) is 74.4 cm³/mol. The first-order valence-corrected chi connectivity index (χ1v) is 6.77. The van der Waals surface area contributed by atoms with Crippen LogP contribution in [0.1, 0.15) is 37.7 Å². The quantitative estimate of drug-likeness (QED) is 0.541. The van der Waals surface area contributed by atoms with Crippen LogP contribution in [0.4, 0.5) is 5.82 Å². The molecule has 2 rings (SSSR count). The number of anilines is 1. The van der Waals surface area contributed by atoms with Crippen LogP contribution in [-0.4, -0.2) is 40.3 Å². The number of nitrogens with one attached hydrogen (secondary N) is 1. The smallest absolute Gasteiger partial charge is 0.162 e. The maximum absolute atomic E-state index is 9.28. The fourth-order valence-corrected chi connectivity index (χ4v) is 2.71. The largest absolute Gasteiger partial charge is 0.395 e. The lowest BCUT2D eigenvalue weighted by Crippen LogP contribution is -2.40. The zero-order valence-electron chi connectivity index (χ0n) is 11.0. The Hall–Kier alpha value is -1.69. The van der Waals surface area contributed by atoms with Gasteiger partial charge in [0.05, 0.1) is 18.4 Å². The van der Waals surface area contributed by atoms with Crippen molar-refractivity contribution in [3.8, 4) is 0 Å². The molecule has 0 amide bonds. The van der Waals surface area contributed by atoms with E-state index < -0.39 is 0 Å². The summed E-state index contributed by atoms with van der Waals surface area (Å²) in [4.78, 5) is 2.06. The van der Waals surface area contributed by atoms with Crippen molar-refractivity contribution in [3.63, 3.8) is 0 Å². The fourth-order valence-electron chi connectivity index (χ4n) is 2.71. The summed E-state index contributed by atoms with van der Waals surface area (Å²) in [5.41, 5.74) is 6.20. The first-order chi connectivity index (χ1) is 9.24. The van der Waals surface area contributed by atoms with Crippen molar-refractivity contribution in [2.75, 3.05) is 18.1 Å². The van der Waals surface area contributed by atoms with Crippen LogP contribution in [0.2, 0.25) is 0 Å². The Morgan fingerprint density at radius 2 is 2.16 bits per heavy atom. The molecule has 1 fully saturated rings. The molecular formula is C13H21N5O. The van der Waals surface area contributed by atoms with Gasteiger partial charge in [-0.2, -0.15) is 5.10 Å². The van der Waals surface area contributed by atoms with E-state index in [0.29, 0.717) is 24.0 Å². The summed E-state index contributed by atoms with van der Waals surface area (Å²) in [7, 11) is 0. The zero-order chi connectivity index (χ0) is 13.7. The van der Waals surface area contributed by atoms with E-state index in [1.165, 1.54) is 25.5 Å². The van der Waals surface area contributed by atoms with Gasteiger partial charge in [-0.1, -0.05) is 19.3 Å². The van der Waals surface area contributed by atoms with Crippen LogP contribution in [0.15, 0.2) is 12.3 Å². The maximum Gasteiger partial charge on any atom is 0.162 e. The molecule has 0 radical (unpaired) electrons. The highest BCUT2D eigenvalue weighted by Gasteiger charge is 2.24. The predicted octanol–water partition coefficient (Wildman–Crippen LogP) is 0.892. The molecular weight excluding hydrogens is 242 g/mol. The Bertz CT molecular complexity index is 431. The molecule has 0 bridgehead atoms. The van der Waals surface area contributed by atoms with Crippen molar-refractivity contribution in [2.24, 2.45) is 5.73 Å². The SMILES string of the molecule is N=C(N)c1ccnnc1N(CCO)C1CCCCC1. The topological polar surface area (TPSA) is 99.1 Å². The number of hydrogen-bond donors (Lipinski definition) is 3. The number of aliphatic hydroxyl groups is 1. The average molecular weight is 263 g/mol. The molecule has 6 nitrogen and oxygen atoms in total. The fraction of sp³-hybridized carbons (Fsp3) is 0.615. The van der Waals surface area contributed by atoms with E-state index in [0.717, 1.165) is 12.8 Å². The Kier molecular flexibility index (Phi) is 4.68. The van der Waals surface area contributed by atoms with E-state index in [9.17, 15) is 5.11 Å². The van der Waals surface area contributed by atoms with Crippen molar-refractivity contribution in [2.45, 2.75) is 38.1 Å². The summed E-state index contributed by atoms with van der Waals surface area (Å²) in [5, 5.41) is 25.0. The molecule has 1 aromatic heterocycles. The van der Waals surface area contributed by atoms with Gasteiger partial charge in [0, 0.05) is 12.6 Å². The zero-order valence-corrected chi connectivity index (χ0v) is 11.0. The summed E-state index contributed by atoms with van der Waals surface area (Å²) < 4.78 is 0. The lowest BCUT2D eigenvalue weighted by Gasteiger charge is -2.35. The van der Waals surface area contributed by atoms with Crippen LogP contribution < -0.4 is 10.6 Å². The number of amidine groups is 1. The Morgan fingerprint density at radius 3 is 2.79 bits per heavy atom. The summed E-state index contributed by atoms with van der Waals surface area (Å²) in [5.74, 6) is 0.611. The van der Waals surface area contributed by atoms with Gasteiger partial charge in [0.1, 0.15) is 5.84 Å². The summed E-state index contributed by atoms with van der Waals surface area (Å²) >= 11 is 0. The van der Waals surface area contributed by atoms with E-state index in [1.54, 1.807) is 6.07 Å². The average Bonchev–Trinajstić information content (AvgIpc) is 2.45. The molecule has 6 heteroatoms. The van der Waals surface area contributed by atoms with Crippen molar-refractivity contribution < 1.29 is 5.11 Å². The highest BCUT2D eigenvalue weighted by atomic mass is 16.3. The third-order valence-corrected chi connectivity index (χ3v) is 3.62. The van der Waals surface area contributed by atoms with E-state index in [4.69, 9.17) is 11.1 Å². The summed E-state index contributed by atoms with van der Waals surface area (Å²) in [6.07, 6.45) is 7.38. The van der Waals surface area contributed by atoms with Gasteiger partial charge in [0.2, 0.25) is 0 Å². The van der Waals surface area contributed by atoms with Gasteiger partial charge < -0.3 is 15.7 Å². The summed E-state index contributed by atoms with van der Waals surface area (Å²) in [6.45, 7) is 0.564. The number of aromatic nitrogens is 2. The first kappa shape index (κ1) is 13.7. The minimum absolute atomic E-state index is 0.0105. The van der Waals surface area contributed by atoms with Gasteiger partial charge >= 0.3 is 0 Å². The second-order valence-corrected chi connectivity index (χ2v) is 4.89. The molecule has 1 aromatic rings. The number of nitrogens with two attached hydrogens (primary N) is 1. The molecule has 19 heavy (non-hydrogen) atoms. The maximum atomic E-state index is 9.28. The van der Waals surface area contributed by atoms with Crippen LogP contribution in [0.5, 0.6) is 0 Å². The molecule has 1 aliphatic rings. The van der Waals surface area contributed by atoms with Crippen molar-refractivity contribution >= 4 is 11.7 Å². The molecule has 0 atom stereocenters. The van der Waals surface area contributed by atoms with E-state index in [2.05, 4.69) is 15.1 Å². The normalized spacial score (nSPS) is 16.3. The van der Waals surface area contributed by atoms with Crippen molar-refractivity contribution in [1.29, 1.82) is 5.41 Å². The van der Waals surface area contributed by atoms with Gasteiger partial charge in [0.25, 0.3) is 0 Å². The molecule has 4 N–H and O–H groups in total. The van der Waals surface area contributed by atoms with Gasteiger partial charge in [-0.3, -0.25) is 5.41 Å². The van der Waals surface area contributed by atoms with Crippen LogP contribution in [-0.2, 0) is 0 Å². The molecule has 1 aliphatic carbocycles. The van der Waals surface area contributed by atoms with E-state index in [-0.39, 0.29) is 12.4 Å². The van der Waals surface area contributed by atoms with Crippen molar-refractivity contribution in [1.82, 2.24) is 10.2 Å². The standard InChI is InChI=1S/C13H21N5O/c14-12(15)11-6-7-16-17-13(11)18(8-9-19)10-4-2-1-3-5-10/h6-7,10,19H,1-5,8-9H2,(H3,14,15). The second kappa shape index (κ2) is 6.47. The monoisotopic (exact) mass is 263 g/mol. The molecule has 1 saturated carbocycles. The first-order valence-electron chi connectivity index (χ1n) is 6.77. The highest BCUT2D eigenvalue weighted by Crippen LogP contribution is 2.27. The number of aliphatic hydroxyl groups excluding tert-OH is 1. The van der Waals surface area contributed by atoms with Gasteiger partial charge in [-0.25, -0.2) is 0 Å². The molecule has 1 heterocycles. The van der Waals surface area contributed by atoms with Gasteiger partial charge in [-0.05, 0) is 18.9 Å². The number of rotatable bonds is 5. The van der Waals surface area contributed by atoms with Crippen LogP contribution in [0.25, 0.3) is 0 Å². The van der Waals surface area contributed by atoms with E-state index >= 15 is 0 Å². The minimum atomic E-state index is -0.0105. The van der Waals surface area contributed by atoms with Crippen LogP contribution in [0.3, 0.4) is 0 Å². The Morgan fingerprint density at radius 1 is 1.42 bits per heavy atom. The molecule has 0 spiro atoms. The molecule has 104 valence electrons. The third-order valence-electron chi connectivity index (χ3n) is 3.62. The molecule has 0 aromatic carbocycles. The number of nitrogens with zero attached hydrogens (tertiary/aromatic N) is 3. The number of hydrogen-bond acceptors (Lipinski definition) is 5. The van der Waals surface area contributed by atoms with Gasteiger partial charge in [0.15, 0.2) is 5.82 Å². The molecule has 0 saturated heterocycles. The second-order valence-electron chi connectivity index (χ2n) is 4.89. The van der Waals surface area contributed by atoms with Crippen molar-refractivity contribution in [3.05, 3.63) is 17.8 Å². The van der Waals surface area contributed by atoms with Crippen LogP contribution >= 0.6 is 0 Å². The highest BCUT2D eigenvalue weighted by molar-refractivity contribution is 5.99. The molecule has 0 unspecified atom stereocenters. The minimum Gasteiger partial charge on any atom is -0.395 e. The molecule has 0 aliphatic heterocycles. The van der Waals surface area contributed by atoms with Gasteiger partial charge in [-0.15, -0.1) is 5.10 Å². The lowest BCUT2D eigenvalue weighted by molar-refractivity contribution is 0.289. The third kappa shape index (κ3) is 3.20. The van der Waals surface area contributed by atoms with E-state index in [1.807, 2.05) is 0 Å². The lowest BCUT2D eigenvalue weighted by atomic mass is 9.94. The van der Waals surface area contributed by atoms with Crippen LogP contribution in [0, 0.1) is 5.41 Å². The Labute approximate surface area is 113 Å².